The van der Waals surface area contributed by atoms with E-state index >= 15 is 0 Å². The van der Waals surface area contributed by atoms with E-state index in [0.29, 0.717) is 18.9 Å². The Balaban J connectivity index is 1.40. The van der Waals surface area contributed by atoms with Gasteiger partial charge in [-0.3, -0.25) is 5.32 Å². The zero-order valence-electron chi connectivity index (χ0n) is 14.7. The maximum atomic E-state index is 13.1. The largest absolute Gasteiger partial charge is 0.348 e. The Morgan fingerprint density at radius 3 is 2.63 bits per heavy atom. The van der Waals surface area contributed by atoms with Crippen LogP contribution < -0.4 is 5.32 Å². The van der Waals surface area contributed by atoms with Crippen molar-refractivity contribution in [3.8, 4) is 11.3 Å². The molecule has 0 saturated carbocycles. The third kappa shape index (κ3) is 3.97. The predicted molar refractivity (Wildman–Crippen MR) is 101 cm³/mol. The minimum Gasteiger partial charge on any atom is -0.348 e. The zero-order chi connectivity index (χ0) is 18.6. The topological polar surface area (TPSA) is 73.9 Å². The van der Waals surface area contributed by atoms with Crippen LogP contribution in [-0.2, 0) is 0 Å². The lowest BCUT2D eigenvalue weighted by molar-refractivity contribution is 0.193. The number of likely N-dealkylation sites (tertiary alicyclic amines) is 1. The van der Waals surface area contributed by atoms with E-state index < -0.39 is 0 Å². The second-order valence-corrected chi connectivity index (χ2v) is 6.58. The molecule has 1 aliphatic heterocycles. The molecule has 0 radical (unpaired) electrons. The number of rotatable bonds is 3. The summed E-state index contributed by atoms with van der Waals surface area (Å²) >= 11 is 0. The number of benzene rings is 1. The van der Waals surface area contributed by atoms with Gasteiger partial charge in [-0.1, -0.05) is 0 Å². The van der Waals surface area contributed by atoms with Gasteiger partial charge < -0.3 is 9.88 Å². The molecule has 0 spiro atoms. The maximum absolute atomic E-state index is 13.1. The number of piperidine rings is 1. The number of nitrogens with one attached hydrogen (secondary N) is 2. The van der Waals surface area contributed by atoms with Crippen molar-refractivity contribution in [3.05, 3.63) is 66.5 Å². The number of hydrogen-bond acceptors (Lipinski definition) is 3. The summed E-state index contributed by atoms with van der Waals surface area (Å²) in [5.41, 5.74) is 1.65. The number of aromatic amines is 1. The summed E-state index contributed by atoms with van der Waals surface area (Å²) in [6.07, 6.45) is 5.13. The van der Waals surface area contributed by atoms with Crippen LogP contribution in [0.3, 0.4) is 0 Å². The van der Waals surface area contributed by atoms with Gasteiger partial charge >= 0.3 is 6.03 Å². The van der Waals surface area contributed by atoms with Crippen LogP contribution in [0.2, 0.25) is 0 Å². The molecule has 0 bridgehead atoms. The Labute approximate surface area is 156 Å². The average Bonchev–Trinajstić information content (AvgIpc) is 3.22. The normalized spacial score (nSPS) is 14.9. The maximum Gasteiger partial charge on any atom is 0.322 e. The Bertz CT molecular complexity index is 902. The first-order valence-corrected chi connectivity index (χ1v) is 8.97. The number of aromatic nitrogens is 3. The minimum absolute atomic E-state index is 0.100. The third-order valence-electron chi connectivity index (χ3n) is 4.80. The summed E-state index contributed by atoms with van der Waals surface area (Å²) in [5.74, 6) is 1.41. The summed E-state index contributed by atoms with van der Waals surface area (Å²) in [5, 5.41) is 2.85. The van der Waals surface area contributed by atoms with Crippen molar-refractivity contribution in [2.45, 2.75) is 18.8 Å². The van der Waals surface area contributed by atoms with Gasteiger partial charge in [-0.25, -0.2) is 19.2 Å². The van der Waals surface area contributed by atoms with E-state index in [4.69, 9.17) is 0 Å². The fraction of sp³-hybridized carbons (Fsp3) is 0.250. The Hall–Kier alpha value is -3.22. The molecule has 138 valence electrons. The van der Waals surface area contributed by atoms with Crippen molar-refractivity contribution < 1.29 is 9.18 Å². The number of urea groups is 1. The van der Waals surface area contributed by atoms with Crippen molar-refractivity contribution in [1.29, 1.82) is 0 Å². The van der Waals surface area contributed by atoms with Crippen LogP contribution in [0.5, 0.6) is 0 Å². The number of anilines is 1. The third-order valence-corrected chi connectivity index (χ3v) is 4.80. The standard InChI is InChI=1S/C20H20FN5O/c21-16-5-3-14(4-6-16)17-7-11-23-19(24-17)15-8-12-26(13-9-15)20(27)25-18-2-1-10-22-18/h1-7,10-11,15,22H,8-9,12-13H2,(H,25,27). The van der Waals surface area contributed by atoms with Gasteiger partial charge in [0, 0.05) is 37.0 Å². The first-order valence-electron chi connectivity index (χ1n) is 8.97. The number of nitrogens with zero attached hydrogens (tertiary/aromatic N) is 3. The van der Waals surface area contributed by atoms with Crippen LogP contribution in [-0.4, -0.2) is 39.0 Å². The van der Waals surface area contributed by atoms with Crippen LogP contribution in [0.1, 0.15) is 24.6 Å². The van der Waals surface area contributed by atoms with E-state index in [1.165, 1.54) is 12.1 Å². The van der Waals surface area contributed by atoms with E-state index in [2.05, 4.69) is 20.3 Å². The molecule has 2 N–H and O–H groups in total. The van der Waals surface area contributed by atoms with Crippen molar-refractivity contribution in [2.24, 2.45) is 0 Å². The summed E-state index contributed by atoms with van der Waals surface area (Å²) in [6, 6.07) is 11.7. The summed E-state index contributed by atoms with van der Waals surface area (Å²) in [7, 11) is 0. The lowest BCUT2D eigenvalue weighted by Gasteiger charge is -2.31. The highest BCUT2D eigenvalue weighted by molar-refractivity contribution is 5.88. The minimum atomic E-state index is -0.266. The molecule has 0 unspecified atom stereocenters. The molecule has 3 aromatic rings. The lowest BCUT2D eigenvalue weighted by Crippen LogP contribution is -2.40. The monoisotopic (exact) mass is 365 g/mol. The molecule has 4 rings (SSSR count). The fourth-order valence-corrected chi connectivity index (χ4v) is 3.30. The molecule has 1 aliphatic rings. The lowest BCUT2D eigenvalue weighted by atomic mass is 9.96. The van der Waals surface area contributed by atoms with Crippen LogP contribution in [0.25, 0.3) is 11.3 Å². The van der Waals surface area contributed by atoms with Gasteiger partial charge in [0.1, 0.15) is 17.5 Å². The quantitative estimate of drug-likeness (QED) is 0.736. The molecule has 1 fully saturated rings. The number of hydrogen-bond donors (Lipinski definition) is 2. The summed E-state index contributed by atoms with van der Waals surface area (Å²) < 4.78 is 13.1. The smallest absolute Gasteiger partial charge is 0.322 e. The van der Waals surface area contributed by atoms with Gasteiger partial charge in [0.15, 0.2) is 0 Å². The average molecular weight is 365 g/mol. The van der Waals surface area contributed by atoms with Gasteiger partial charge in [-0.2, -0.15) is 0 Å². The Morgan fingerprint density at radius 1 is 1.15 bits per heavy atom. The van der Waals surface area contributed by atoms with Crippen molar-refractivity contribution in [2.75, 3.05) is 18.4 Å². The van der Waals surface area contributed by atoms with Gasteiger partial charge in [0.05, 0.1) is 5.69 Å². The van der Waals surface area contributed by atoms with E-state index in [1.807, 2.05) is 18.2 Å². The van der Waals surface area contributed by atoms with Crippen LogP contribution in [0, 0.1) is 5.82 Å². The van der Waals surface area contributed by atoms with Crippen LogP contribution in [0.15, 0.2) is 54.9 Å². The van der Waals surface area contributed by atoms with Gasteiger partial charge in [0.25, 0.3) is 0 Å². The van der Waals surface area contributed by atoms with E-state index in [9.17, 15) is 9.18 Å². The SMILES string of the molecule is O=C(Nc1ccc[nH]1)N1CCC(c2nccc(-c3ccc(F)cc3)n2)CC1. The molecule has 3 heterocycles. The Kier molecular flexibility index (Phi) is 4.82. The number of H-pyrrole nitrogens is 1. The molecular weight excluding hydrogens is 345 g/mol. The fourth-order valence-electron chi connectivity index (χ4n) is 3.30. The van der Waals surface area contributed by atoms with Crippen molar-refractivity contribution in [1.82, 2.24) is 19.9 Å². The molecule has 2 aromatic heterocycles. The second kappa shape index (κ2) is 7.57. The summed E-state index contributed by atoms with van der Waals surface area (Å²) in [6.45, 7) is 1.31. The number of carbonyl (C=O) groups excluding carboxylic acids is 1. The molecule has 6 nitrogen and oxygen atoms in total. The molecule has 27 heavy (non-hydrogen) atoms. The Morgan fingerprint density at radius 2 is 1.93 bits per heavy atom. The van der Waals surface area contributed by atoms with Gasteiger partial charge in [-0.15, -0.1) is 0 Å². The van der Waals surface area contributed by atoms with Gasteiger partial charge in [0.2, 0.25) is 0 Å². The van der Waals surface area contributed by atoms with E-state index in [1.54, 1.807) is 29.4 Å². The predicted octanol–water partition coefficient (Wildman–Crippen LogP) is 4.02. The van der Waals surface area contributed by atoms with Crippen LogP contribution in [0.4, 0.5) is 15.0 Å². The molecule has 0 aliphatic carbocycles. The molecule has 2 amide bonds. The highest BCUT2D eigenvalue weighted by Crippen LogP contribution is 2.27. The van der Waals surface area contributed by atoms with E-state index in [0.717, 1.165) is 29.9 Å². The van der Waals surface area contributed by atoms with Crippen molar-refractivity contribution in [3.63, 3.8) is 0 Å². The van der Waals surface area contributed by atoms with Gasteiger partial charge in [-0.05, 0) is 55.3 Å². The number of halogens is 1. The molecular formula is C20H20FN5O. The number of carbonyl (C=O) groups is 1. The van der Waals surface area contributed by atoms with Crippen LogP contribution >= 0.6 is 0 Å². The molecule has 1 aromatic carbocycles. The molecule has 1 saturated heterocycles. The zero-order valence-corrected chi connectivity index (χ0v) is 14.7. The molecule has 0 atom stereocenters. The van der Waals surface area contributed by atoms with E-state index in [-0.39, 0.29) is 17.8 Å². The highest BCUT2D eigenvalue weighted by Gasteiger charge is 2.25. The van der Waals surface area contributed by atoms with Crippen molar-refractivity contribution >= 4 is 11.8 Å². The first-order chi connectivity index (χ1) is 13.2. The first kappa shape index (κ1) is 17.2. The second-order valence-electron chi connectivity index (χ2n) is 6.58. The summed E-state index contributed by atoms with van der Waals surface area (Å²) in [4.78, 5) is 26.2. The molecule has 7 heteroatoms. The number of amides is 2. The highest BCUT2D eigenvalue weighted by atomic mass is 19.1.